The largest absolute Gasteiger partial charge is 0.346 e. The second-order valence-corrected chi connectivity index (χ2v) is 6.86. The topological polar surface area (TPSA) is 39.1 Å². The summed E-state index contributed by atoms with van der Waals surface area (Å²) in [5, 5.41) is 1.74. The van der Waals surface area contributed by atoms with E-state index in [1.54, 1.807) is 6.92 Å². The van der Waals surface area contributed by atoms with Crippen LogP contribution in [0.3, 0.4) is 0 Å². The molecule has 0 N–H and O–H groups in total. The molecule has 92 valence electrons. The fourth-order valence-corrected chi connectivity index (χ4v) is 2.66. The molecule has 0 unspecified atom stereocenters. The second kappa shape index (κ2) is 4.70. The summed E-state index contributed by atoms with van der Waals surface area (Å²) in [6.45, 7) is 2.14. The van der Waals surface area contributed by atoms with Crippen molar-refractivity contribution in [1.29, 1.82) is 0 Å². The highest BCUT2D eigenvalue weighted by atomic mass is 35.5. The number of rotatable bonds is 4. The van der Waals surface area contributed by atoms with Crippen LogP contribution < -0.4 is 0 Å². The standard InChI is InChI=1S/C12H14ClNO2S/c1-2-17(15,16)8-7-14-6-5-10-3-4-11(13)9-12(10)14/h3-6,9H,2,7-8H2,1H3. The fourth-order valence-electron chi connectivity index (χ4n) is 1.73. The van der Waals surface area contributed by atoms with Crippen LogP contribution in [0.4, 0.5) is 0 Å². The van der Waals surface area contributed by atoms with Gasteiger partial charge in [-0.1, -0.05) is 24.6 Å². The average Bonchev–Trinajstić information content (AvgIpc) is 2.69. The number of nitrogens with zero attached hydrogens (tertiary/aromatic N) is 1. The highest BCUT2D eigenvalue weighted by molar-refractivity contribution is 7.91. The van der Waals surface area contributed by atoms with E-state index in [4.69, 9.17) is 11.6 Å². The van der Waals surface area contributed by atoms with Crippen molar-refractivity contribution in [2.75, 3.05) is 11.5 Å². The lowest BCUT2D eigenvalue weighted by Crippen LogP contribution is -2.14. The van der Waals surface area contributed by atoms with E-state index in [2.05, 4.69) is 0 Å². The zero-order chi connectivity index (χ0) is 12.5. The Morgan fingerprint density at radius 2 is 2.06 bits per heavy atom. The number of hydrogen-bond donors (Lipinski definition) is 0. The molecule has 0 atom stereocenters. The van der Waals surface area contributed by atoms with Crippen LogP contribution in [0.25, 0.3) is 10.9 Å². The molecule has 0 aliphatic carbocycles. The Kier molecular flexibility index (Phi) is 3.45. The summed E-state index contributed by atoms with van der Waals surface area (Å²) in [5.74, 6) is 0.354. The monoisotopic (exact) mass is 271 g/mol. The molecule has 0 amide bonds. The van der Waals surface area contributed by atoms with Gasteiger partial charge >= 0.3 is 0 Å². The summed E-state index contributed by atoms with van der Waals surface area (Å²) < 4.78 is 24.8. The van der Waals surface area contributed by atoms with Gasteiger partial charge in [0.05, 0.1) is 5.75 Å². The first-order valence-electron chi connectivity index (χ1n) is 5.46. The lowest BCUT2D eigenvalue weighted by molar-refractivity contribution is 0.591. The smallest absolute Gasteiger partial charge is 0.151 e. The third-order valence-corrected chi connectivity index (χ3v) is 4.74. The van der Waals surface area contributed by atoms with E-state index in [0.29, 0.717) is 11.6 Å². The molecule has 3 nitrogen and oxygen atoms in total. The van der Waals surface area contributed by atoms with Crippen LogP contribution in [0.15, 0.2) is 30.5 Å². The van der Waals surface area contributed by atoms with Gasteiger partial charge in [-0.05, 0) is 23.6 Å². The first-order valence-corrected chi connectivity index (χ1v) is 7.66. The van der Waals surface area contributed by atoms with Crippen molar-refractivity contribution in [1.82, 2.24) is 4.57 Å². The first kappa shape index (κ1) is 12.5. The Morgan fingerprint density at radius 3 is 2.76 bits per heavy atom. The molecule has 2 rings (SSSR count). The van der Waals surface area contributed by atoms with Crippen LogP contribution in [0.1, 0.15) is 6.92 Å². The lowest BCUT2D eigenvalue weighted by atomic mass is 10.2. The molecule has 0 aliphatic heterocycles. The number of aromatic nitrogens is 1. The zero-order valence-corrected chi connectivity index (χ0v) is 11.1. The maximum Gasteiger partial charge on any atom is 0.151 e. The first-order chi connectivity index (χ1) is 8.02. The van der Waals surface area contributed by atoms with Crippen molar-refractivity contribution in [3.63, 3.8) is 0 Å². The van der Waals surface area contributed by atoms with Gasteiger partial charge in [0.25, 0.3) is 0 Å². The molecular weight excluding hydrogens is 258 g/mol. The number of aryl methyl sites for hydroxylation is 1. The predicted molar refractivity (Wildman–Crippen MR) is 71.3 cm³/mol. The van der Waals surface area contributed by atoms with Crippen molar-refractivity contribution < 1.29 is 8.42 Å². The van der Waals surface area contributed by atoms with E-state index in [1.165, 1.54) is 0 Å². The van der Waals surface area contributed by atoms with E-state index in [0.717, 1.165) is 10.9 Å². The van der Waals surface area contributed by atoms with Gasteiger partial charge in [0.2, 0.25) is 0 Å². The van der Waals surface area contributed by atoms with Crippen LogP contribution in [-0.2, 0) is 16.4 Å². The van der Waals surface area contributed by atoms with Gasteiger partial charge in [0.15, 0.2) is 9.84 Å². The summed E-state index contributed by atoms with van der Waals surface area (Å²) in [6, 6.07) is 7.58. The summed E-state index contributed by atoms with van der Waals surface area (Å²) in [7, 11) is -2.93. The SMILES string of the molecule is CCS(=O)(=O)CCn1ccc2ccc(Cl)cc21. The van der Waals surface area contributed by atoms with Crippen LogP contribution in [0.5, 0.6) is 0 Å². The quantitative estimate of drug-likeness (QED) is 0.858. The van der Waals surface area contributed by atoms with Gasteiger partial charge < -0.3 is 4.57 Å². The fraction of sp³-hybridized carbons (Fsp3) is 0.333. The minimum atomic E-state index is -2.93. The maximum atomic E-state index is 11.5. The molecule has 2 aromatic rings. The van der Waals surface area contributed by atoms with Crippen molar-refractivity contribution in [2.45, 2.75) is 13.5 Å². The second-order valence-electron chi connectivity index (χ2n) is 3.95. The number of benzene rings is 1. The third kappa shape index (κ3) is 2.82. The normalized spacial score (nSPS) is 12.1. The molecule has 1 aromatic heterocycles. The van der Waals surface area contributed by atoms with Crippen LogP contribution in [-0.4, -0.2) is 24.5 Å². The van der Waals surface area contributed by atoms with E-state index < -0.39 is 9.84 Å². The van der Waals surface area contributed by atoms with E-state index in [9.17, 15) is 8.42 Å². The minimum Gasteiger partial charge on any atom is -0.346 e. The van der Waals surface area contributed by atoms with E-state index >= 15 is 0 Å². The van der Waals surface area contributed by atoms with Crippen LogP contribution >= 0.6 is 11.6 Å². The molecule has 1 aromatic carbocycles. The zero-order valence-electron chi connectivity index (χ0n) is 9.56. The highest BCUT2D eigenvalue weighted by Gasteiger charge is 2.08. The Hall–Kier alpha value is -1.00. The van der Waals surface area contributed by atoms with Crippen molar-refractivity contribution in [2.24, 2.45) is 0 Å². The number of hydrogen-bond acceptors (Lipinski definition) is 2. The summed E-state index contributed by atoms with van der Waals surface area (Å²) in [5.41, 5.74) is 0.976. The molecule has 0 saturated carbocycles. The van der Waals surface area contributed by atoms with Gasteiger partial charge in [-0.25, -0.2) is 8.42 Å². The highest BCUT2D eigenvalue weighted by Crippen LogP contribution is 2.20. The van der Waals surface area contributed by atoms with Crippen molar-refractivity contribution in [3.8, 4) is 0 Å². The summed E-state index contributed by atoms with van der Waals surface area (Å²) >= 11 is 5.93. The lowest BCUT2D eigenvalue weighted by Gasteiger charge is -2.05. The molecule has 0 spiro atoms. The van der Waals surface area contributed by atoms with Gasteiger partial charge in [-0.3, -0.25) is 0 Å². The Balaban J connectivity index is 2.28. The van der Waals surface area contributed by atoms with Crippen LogP contribution in [0.2, 0.25) is 5.02 Å². The Labute approximate surface area is 106 Å². The van der Waals surface area contributed by atoms with Crippen molar-refractivity contribution >= 4 is 32.3 Å². The van der Waals surface area contributed by atoms with E-state index in [1.807, 2.05) is 35.0 Å². The molecule has 5 heteroatoms. The minimum absolute atomic E-state index is 0.166. The van der Waals surface area contributed by atoms with Gasteiger partial charge in [-0.15, -0.1) is 0 Å². The molecule has 0 bridgehead atoms. The van der Waals surface area contributed by atoms with Gasteiger partial charge in [-0.2, -0.15) is 0 Å². The molecule has 0 aliphatic rings. The van der Waals surface area contributed by atoms with Crippen molar-refractivity contribution in [3.05, 3.63) is 35.5 Å². The molecule has 0 fully saturated rings. The van der Waals surface area contributed by atoms with E-state index in [-0.39, 0.29) is 11.5 Å². The number of halogens is 1. The number of fused-ring (bicyclic) bond motifs is 1. The summed E-state index contributed by atoms with van der Waals surface area (Å²) in [6.07, 6.45) is 1.90. The molecule has 0 radical (unpaired) electrons. The molecule has 17 heavy (non-hydrogen) atoms. The van der Waals surface area contributed by atoms with Gasteiger partial charge in [0.1, 0.15) is 0 Å². The average molecular weight is 272 g/mol. The Bertz CT molecular complexity index is 631. The molecular formula is C12H14ClNO2S. The van der Waals surface area contributed by atoms with Crippen LogP contribution in [0, 0.1) is 0 Å². The predicted octanol–water partition coefficient (Wildman–Crippen LogP) is 2.73. The van der Waals surface area contributed by atoms with Gasteiger partial charge in [0, 0.05) is 29.0 Å². The molecule has 1 heterocycles. The Morgan fingerprint density at radius 1 is 1.29 bits per heavy atom. The summed E-state index contributed by atoms with van der Waals surface area (Å²) in [4.78, 5) is 0. The molecule has 0 saturated heterocycles. The number of sulfone groups is 1. The third-order valence-electron chi connectivity index (χ3n) is 2.82. The maximum absolute atomic E-state index is 11.5.